The number of benzene rings is 2. The molecule has 7 nitrogen and oxygen atoms in total. The van der Waals surface area contributed by atoms with Crippen molar-refractivity contribution in [1.29, 1.82) is 0 Å². The Morgan fingerprint density at radius 3 is 2.58 bits per heavy atom. The maximum absolute atomic E-state index is 12.9. The average molecular weight is 487 g/mol. The monoisotopic (exact) mass is 486 g/mol. The quantitative estimate of drug-likeness (QED) is 0.324. The fourth-order valence-electron chi connectivity index (χ4n) is 4.58. The van der Waals surface area contributed by atoms with E-state index in [1.54, 1.807) is 11.1 Å². The minimum absolute atomic E-state index is 0.0184. The molecule has 1 atom stereocenters. The van der Waals surface area contributed by atoms with E-state index in [1.165, 1.54) is 0 Å². The van der Waals surface area contributed by atoms with Crippen LogP contribution >= 0.6 is 0 Å². The molecule has 0 saturated carbocycles. The van der Waals surface area contributed by atoms with Crippen molar-refractivity contribution in [3.63, 3.8) is 0 Å². The van der Waals surface area contributed by atoms with Gasteiger partial charge in [-0.15, -0.1) is 0 Å². The molecule has 0 spiro atoms. The summed E-state index contributed by atoms with van der Waals surface area (Å²) in [5, 5.41) is 3.13. The zero-order chi connectivity index (χ0) is 25.3. The summed E-state index contributed by atoms with van der Waals surface area (Å²) in [6.07, 6.45) is 6.60. The molecule has 36 heavy (non-hydrogen) atoms. The Bertz CT molecular complexity index is 1190. The van der Waals surface area contributed by atoms with Gasteiger partial charge in [-0.3, -0.25) is 14.4 Å². The molecule has 0 fully saturated rings. The van der Waals surface area contributed by atoms with Crippen molar-refractivity contribution in [3.8, 4) is 11.3 Å². The van der Waals surface area contributed by atoms with Crippen LogP contribution in [0.4, 0.5) is 0 Å². The smallest absolute Gasteiger partial charge is 0.254 e. The molecule has 2 heterocycles. The van der Waals surface area contributed by atoms with E-state index in [1.807, 2.05) is 61.5 Å². The molecule has 1 aliphatic heterocycles. The molecule has 1 aromatic heterocycles. The maximum atomic E-state index is 12.9. The maximum Gasteiger partial charge on any atom is 0.254 e. The Morgan fingerprint density at radius 1 is 1.03 bits per heavy atom. The second-order valence-corrected chi connectivity index (χ2v) is 9.29. The topological polar surface area (TPSA) is 95.2 Å². The number of nitrogens with zero attached hydrogens (tertiary/aromatic N) is 2. The van der Waals surface area contributed by atoms with E-state index in [-0.39, 0.29) is 30.1 Å². The first kappa shape index (κ1) is 25.4. The molecule has 2 aromatic carbocycles. The summed E-state index contributed by atoms with van der Waals surface area (Å²) in [6, 6.07) is 17.3. The second-order valence-electron chi connectivity index (χ2n) is 9.29. The fourth-order valence-corrected chi connectivity index (χ4v) is 4.58. The predicted octanol–water partition coefficient (Wildman–Crippen LogP) is 5.21. The number of H-pyrrole nitrogens is 1. The minimum Gasteiger partial charge on any atom is -0.346 e. The lowest BCUT2D eigenvalue weighted by Gasteiger charge is -2.19. The SMILES string of the molecule is CCC(=O)CCCCC[C@H](NC(=O)CCN1Cc2ccccc2C1=O)c1ncc(-c2ccccc2)[nH]1. The van der Waals surface area contributed by atoms with Crippen LogP contribution in [0.5, 0.6) is 0 Å². The highest BCUT2D eigenvalue weighted by Crippen LogP contribution is 2.24. The highest BCUT2D eigenvalue weighted by molar-refractivity contribution is 5.98. The van der Waals surface area contributed by atoms with Gasteiger partial charge in [0, 0.05) is 37.9 Å². The van der Waals surface area contributed by atoms with Gasteiger partial charge in [-0.25, -0.2) is 4.98 Å². The van der Waals surface area contributed by atoms with Crippen molar-refractivity contribution in [2.75, 3.05) is 6.54 Å². The van der Waals surface area contributed by atoms with Crippen LogP contribution in [0.25, 0.3) is 11.3 Å². The number of aromatic amines is 1. The lowest BCUT2D eigenvalue weighted by Crippen LogP contribution is -2.33. The van der Waals surface area contributed by atoms with Crippen LogP contribution in [0.1, 0.15) is 79.7 Å². The molecule has 0 bridgehead atoms. The average Bonchev–Trinajstić information content (AvgIpc) is 3.52. The molecule has 7 heteroatoms. The second kappa shape index (κ2) is 12.3. The van der Waals surface area contributed by atoms with E-state index >= 15 is 0 Å². The summed E-state index contributed by atoms with van der Waals surface area (Å²) in [4.78, 5) is 46.8. The number of fused-ring (bicyclic) bond motifs is 1. The van der Waals surface area contributed by atoms with Gasteiger partial charge >= 0.3 is 0 Å². The van der Waals surface area contributed by atoms with Crippen molar-refractivity contribution >= 4 is 17.6 Å². The van der Waals surface area contributed by atoms with Crippen LogP contribution in [-0.4, -0.2) is 39.0 Å². The number of hydrogen-bond donors (Lipinski definition) is 2. The standard InChI is InChI=1S/C29H34N4O3/c1-2-23(34)14-7-4-8-16-25(28-30-19-26(32-28)21-11-5-3-6-12-21)31-27(35)17-18-33-20-22-13-9-10-15-24(22)29(33)36/h3,5-6,9-13,15,19,25H,2,4,7-8,14,16-18,20H2,1H3,(H,30,32)(H,31,35)/t25-/m0/s1. The van der Waals surface area contributed by atoms with Crippen LogP contribution in [0.15, 0.2) is 60.8 Å². The molecule has 4 rings (SSSR count). The first-order valence-electron chi connectivity index (χ1n) is 12.8. The third kappa shape index (κ3) is 6.47. The summed E-state index contributed by atoms with van der Waals surface area (Å²) in [7, 11) is 0. The number of carbonyl (C=O) groups excluding carboxylic acids is 3. The normalized spacial score (nSPS) is 13.5. The molecule has 188 valence electrons. The number of ketones is 1. The largest absolute Gasteiger partial charge is 0.346 e. The number of unbranched alkanes of at least 4 members (excludes halogenated alkanes) is 2. The molecular formula is C29H34N4O3. The van der Waals surface area contributed by atoms with Gasteiger partial charge in [-0.2, -0.15) is 0 Å². The number of hydrogen-bond acceptors (Lipinski definition) is 4. The van der Waals surface area contributed by atoms with Crippen molar-refractivity contribution < 1.29 is 14.4 Å². The van der Waals surface area contributed by atoms with Crippen LogP contribution < -0.4 is 5.32 Å². The fraction of sp³-hybridized carbons (Fsp3) is 0.379. The van der Waals surface area contributed by atoms with Gasteiger partial charge in [0.15, 0.2) is 0 Å². The van der Waals surface area contributed by atoms with E-state index in [4.69, 9.17) is 0 Å². The van der Waals surface area contributed by atoms with Crippen LogP contribution in [0, 0.1) is 0 Å². The lowest BCUT2D eigenvalue weighted by atomic mass is 10.0. The summed E-state index contributed by atoms with van der Waals surface area (Å²) >= 11 is 0. The van der Waals surface area contributed by atoms with Gasteiger partial charge in [0.2, 0.25) is 5.91 Å². The third-order valence-corrected chi connectivity index (χ3v) is 6.69. The first-order valence-corrected chi connectivity index (χ1v) is 12.8. The summed E-state index contributed by atoms with van der Waals surface area (Å²) < 4.78 is 0. The van der Waals surface area contributed by atoms with Gasteiger partial charge in [0.25, 0.3) is 5.91 Å². The Hall–Kier alpha value is -3.74. The van der Waals surface area contributed by atoms with E-state index in [0.29, 0.717) is 25.9 Å². The van der Waals surface area contributed by atoms with Crippen molar-refractivity contribution in [2.45, 2.75) is 64.5 Å². The summed E-state index contributed by atoms with van der Waals surface area (Å²) in [6.45, 7) is 2.81. The number of nitrogens with one attached hydrogen (secondary N) is 2. The molecule has 1 aliphatic rings. The number of imidazole rings is 1. The van der Waals surface area contributed by atoms with Crippen LogP contribution in [0.2, 0.25) is 0 Å². The van der Waals surface area contributed by atoms with Gasteiger partial charge in [-0.05, 0) is 30.0 Å². The number of amides is 2. The number of aromatic nitrogens is 2. The van der Waals surface area contributed by atoms with E-state index in [0.717, 1.165) is 53.9 Å². The lowest BCUT2D eigenvalue weighted by molar-refractivity contribution is -0.122. The van der Waals surface area contributed by atoms with Crippen molar-refractivity contribution in [3.05, 3.63) is 77.7 Å². The van der Waals surface area contributed by atoms with E-state index in [2.05, 4.69) is 15.3 Å². The minimum atomic E-state index is -0.261. The van der Waals surface area contributed by atoms with E-state index in [9.17, 15) is 14.4 Å². The van der Waals surface area contributed by atoms with Gasteiger partial charge in [0.05, 0.1) is 17.9 Å². The van der Waals surface area contributed by atoms with Gasteiger partial charge in [-0.1, -0.05) is 68.3 Å². The highest BCUT2D eigenvalue weighted by Gasteiger charge is 2.27. The van der Waals surface area contributed by atoms with Gasteiger partial charge < -0.3 is 15.2 Å². The number of Topliss-reactive ketones (excluding diaryl/α,β-unsaturated/α-hetero) is 1. The number of rotatable bonds is 13. The molecule has 2 N–H and O–H groups in total. The molecule has 0 radical (unpaired) electrons. The Morgan fingerprint density at radius 2 is 1.81 bits per heavy atom. The van der Waals surface area contributed by atoms with Gasteiger partial charge in [0.1, 0.15) is 11.6 Å². The highest BCUT2D eigenvalue weighted by atomic mass is 16.2. The molecule has 0 unspecified atom stereocenters. The summed E-state index contributed by atoms with van der Waals surface area (Å²) in [5.41, 5.74) is 3.66. The van der Waals surface area contributed by atoms with Crippen molar-refractivity contribution in [1.82, 2.24) is 20.2 Å². The molecular weight excluding hydrogens is 452 g/mol. The van der Waals surface area contributed by atoms with Crippen molar-refractivity contribution in [2.24, 2.45) is 0 Å². The van der Waals surface area contributed by atoms with Crippen LogP contribution in [-0.2, 0) is 16.1 Å². The Kier molecular flexibility index (Phi) is 8.66. The van der Waals surface area contributed by atoms with E-state index < -0.39 is 0 Å². The molecule has 0 saturated heterocycles. The predicted molar refractivity (Wildman–Crippen MR) is 139 cm³/mol. The molecule has 2 amide bonds. The Balaban J connectivity index is 1.35. The number of carbonyl (C=O) groups is 3. The third-order valence-electron chi connectivity index (χ3n) is 6.69. The first-order chi connectivity index (χ1) is 17.5. The zero-order valence-corrected chi connectivity index (χ0v) is 20.8. The molecule has 3 aromatic rings. The van der Waals surface area contributed by atoms with Crippen LogP contribution in [0.3, 0.4) is 0 Å². The Labute approximate surface area is 212 Å². The zero-order valence-electron chi connectivity index (χ0n) is 20.8. The molecule has 0 aliphatic carbocycles. The summed E-state index contributed by atoms with van der Waals surface area (Å²) in [5.74, 6) is 0.881.